The van der Waals surface area contributed by atoms with Gasteiger partial charge in [-0.15, -0.1) is 0 Å². The summed E-state index contributed by atoms with van der Waals surface area (Å²) in [6, 6.07) is 6.92. The molecule has 2 N–H and O–H groups in total. The van der Waals surface area contributed by atoms with E-state index < -0.39 is 0 Å². The molecule has 4 heteroatoms. The zero-order chi connectivity index (χ0) is 10.6. The maximum absolute atomic E-state index is 11.5. The second kappa shape index (κ2) is 4.98. The highest BCUT2D eigenvalue weighted by Gasteiger charge is 2.11. The van der Waals surface area contributed by atoms with Crippen LogP contribution in [0.15, 0.2) is 24.3 Å². The van der Waals surface area contributed by atoms with Crippen LogP contribution < -0.4 is 10.6 Å². The molecule has 0 radical (unpaired) electrons. The smallest absolute Gasteiger partial charge is 0.241 e. The molecular formula is C10H13ClN2O. The van der Waals surface area contributed by atoms with Gasteiger partial charge in [0.05, 0.1) is 16.8 Å². The van der Waals surface area contributed by atoms with E-state index >= 15 is 0 Å². The van der Waals surface area contributed by atoms with Crippen molar-refractivity contribution in [1.29, 1.82) is 0 Å². The molecule has 0 saturated heterocycles. The Balaban J connectivity index is 2.70. The van der Waals surface area contributed by atoms with Gasteiger partial charge in [0, 0.05) is 0 Å². The van der Waals surface area contributed by atoms with Crippen molar-refractivity contribution in [2.45, 2.75) is 13.0 Å². The molecule has 14 heavy (non-hydrogen) atoms. The predicted octanol–water partition coefficient (Wildman–Crippen LogP) is 1.89. The number of carbonyl (C=O) groups excluding carboxylic acids is 1. The summed E-state index contributed by atoms with van der Waals surface area (Å²) in [4.78, 5) is 11.5. The second-order valence-corrected chi connectivity index (χ2v) is 3.39. The lowest BCUT2D eigenvalue weighted by molar-refractivity contribution is -0.117. The second-order valence-electron chi connectivity index (χ2n) is 2.98. The Hall–Kier alpha value is -1.06. The van der Waals surface area contributed by atoms with Crippen LogP contribution in [0.2, 0.25) is 5.02 Å². The molecule has 0 fully saturated rings. The monoisotopic (exact) mass is 212 g/mol. The fraction of sp³-hybridized carbons (Fsp3) is 0.300. The van der Waals surface area contributed by atoms with Gasteiger partial charge in [-0.1, -0.05) is 23.7 Å². The molecule has 0 saturated carbocycles. The molecule has 0 heterocycles. The number of hydrogen-bond acceptors (Lipinski definition) is 2. The molecule has 1 atom stereocenters. The van der Waals surface area contributed by atoms with E-state index in [1.165, 1.54) is 0 Å². The molecule has 0 spiro atoms. The van der Waals surface area contributed by atoms with Crippen LogP contribution in [0.4, 0.5) is 5.69 Å². The first kappa shape index (κ1) is 11.0. The summed E-state index contributed by atoms with van der Waals surface area (Å²) in [7, 11) is 1.73. The molecule has 0 aliphatic heterocycles. The molecule has 1 amide bonds. The summed E-state index contributed by atoms with van der Waals surface area (Å²) in [6.45, 7) is 1.78. The molecule has 1 unspecified atom stereocenters. The largest absolute Gasteiger partial charge is 0.323 e. The van der Waals surface area contributed by atoms with Crippen molar-refractivity contribution in [3.63, 3.8) is 0 Å². The first-order valence-electron chi connectivity index (χ1n) is 4.38. The van der Waals surface area contributed by atoms with Gasteiger partial charge in [-0.2, -0.15) is 0 Å². The summed E-state index contributed by atoms with van der Waals surface area (Å²) >= 11 is 5.88. The first-order chi connectivity index (χ1) is 6.65. The average molecular weight is 213 g/mol. The van der Waals surface area contributed by atoms with E-state index in [1.54, 1.807) is 26.1 Å². The van der Waals surface area contributed by atoms with E-state index in [1.807, 2.05) is 12.1 Å². The van der Waals surface area contributed by atoms with Gasteiger partial charge >= 0.3 is 0 Å². The van der Waals surface area contributed by atoms with Crippen LogP contribution in [0.5, 0.6) is 0 Å². The molecule has 76 valence electrons. The zero-order valence-corrected chi connectivity index (χ0v) is 8.93. The molecule has 1 rings (SSSR count). The quantitative estimate of drug-likeness (QED) is 0.804. The molecular weight excluding hydrogens is 200 g/mol. The molecule has 1 aromatic rings. The van der Waals surface area contributed by atoms with Crippen LogP contribution in [-0.4, -0.2) is 19.0 Å². The van der Waals surface area contributed by atoms with Gasteiger partial charge in [0.2, 0.25) is 5.91 Å². The Bertz CT molecular complexity index is 328. The lowest BCUT2D eigenvalue weighted by Gasteiger charge is -2.11. The Morgan fingerprint density at radius 2 is 2.07 bits per heavy atom. The van der Waals surface area contributed by atoms with E-state index in [0.29, 0.717) is 10.7 Å². The number of benzene rings is 1. The van der Waals surface area contributed by atoms with Crippen molar-refractivity contribution in [3.8, 4) is 0 Å². The Morgan fingerprint density at radius 1 is 1.43 bits per heavy atom. The standard InChI is InChI=1S/C10H13ClN2O/c1-7(12-2)10(14)13-9-6-4-3-5-8(9)11/h3-7,12H,1-2H3,(H,13,14). The summed E-state index contributed by atoms with van der Waals surface area (Å²) < 4.78 is 0. The fourth-order valence-corrected chi connectivity index (χ4v) is 1.12. The fourth-order valence-electron chi connectivity index (χ4n) is 0.935. The van der Waals surface area contributed by atoms with Gasteiger partial charge in [0.1, 0.15) is 0 Å². The third kappa shape index (κ3) is 2.72. The molecule has 0 aliphatic carbocycles. The third-order valence-corrected chi connectivity index (χ3v) is 2.29. The molecule has 0 bridgehead atoms. The van der Waals surface area contributed by atoms with E-state index in [-0.39, 0.29) is 11.9 Å². The van der Waals surface area contributed by atoms with E-state index in [4.69, 9.17) is 11.6 Å². The number of likely N-dealkylation sites (N-methyl/N-ethyl adjacent to an activating group) is 1. The number of carbonyl (C=O) groups is 1. The number of hydrogen-bond donors (Lipinski definition) is 2. The lowest BCUT2D eigenvalue weighted by atomic mass is 10.3. The lowest BCUT2D eigenvalue weighted by Crippen LogP contribution is -2.35. The Kier molecular flexibility index (Phi) is 3.92. The SMILES string of the molecule is CNC(C)C(=O)Nc1ccccc1Cl. The summed E-state index contributed by atoms with van der Waals surface area (Å²) in [5.74, 6) is -0.0967. The normalized spacial score (nSPS) is 12.2. The third-order valence-electron chi connectivity index (χ3n) is 1.96. The summed E-state index contributed by atoms with van der Waals surface area (Å²) in [5.41, 5.74) is 0.640. The van der Waals surface area contributed by atoms with Crippen molar-refractivity contribution >= 4 is 23.2 Å². The van der Waals surface area contributed by atoms with Gasteiger partial charge in [0.25, 0.3) is 0 Å². The topological polar surface area (TPSA) is 41.1 Å². The highest BCUT2D eigenvalue weighted by atomic mass is 35.5. The van der Waals surface area contributed by atoms with Crippen LogP contribution >= 0.6 is 11.6 Å². The number of halogens is 1. The summed E-state index contributed by atoms with van der Waals surface area (Å²) in [6.07, 6.45) is 0. The zero-order valence-electron chi connectivity index (χ0n) is 8.17. The Labute approximate surface area is 88.5 Å². The minimum atomic E-state index is -0.230. The van der Waals surface area contributed by atoms with Crippen LogP contribution in [0, 0.1) is 0 Å². The van der Waals surface area contributed by atoms with Crippen LogP contribution in [0.25, 0.3) is 0 Å². The van der Waals surface area contributed by atoms with Gasteiger partial charge in [0.15, 0.2) is 0 Å². The number of para-hydroxylation sites is 1. The molecule has 0 aromatic heterocycles. The predicted molar refractivity (Wildman–Crippen MR) is 58.6 cm³/mol. The van der Waals surface area contributed by atoms with Crippen molar-refractivity contribution in [2.24, 2.45) is 0 Å². The minimum absolute atomic E-state index is 0.0967. The maximum Gasteiger partial charge on any atom is 0.241 e. The Morgan fingerprint density at radius 3 is 2.64 bits per heavy atom. The number of anilines is 1. The minimum Gasteiger partial charge on any atom is -0.323 e. The summed E-state index contributed by atoms with van der Waals surface area (Å²) in [5, 5.41) is 6.12. The average Bonchev–Trinajstić information content (AvgIpc) is 2.20. The van der Waals surface area contributed by atoms with Gasteiger partial charge in [-0.25, -0.2) is 0 Å². The van der Waals surface area contributed by atoms with E-state index in [9.17, 15) is 4.79 Å². The molecule has 1 aromatic carbocycles. The first-order valence-corrected chi connectivity index (χ1v) is 4.75. The highest BCUT2D eigenvalue weighted by molar-refractivity contribution is 6.33. The number of nitrogens with one attached hydrogen (secondary N) is 2. The molecule has 3 nitrogen and oxygen atoms in total. The van der Waals surface area contributed by atoms with Crippen molar-refractivity contribution in [3.05, 3.63) is 29.3 Å². The van der Waals surface area contributed by atoms with Gasteiger partial charge < -0.3 is 10.6 Å². The van der Waals surface area contributed by atoms with Crippen LogP contribution in [-0.2, 0) is 4.79 Å². The molecule has 0 aliphatic rings. The number of amides is 1. The van der Waals surface area contributed by atoms with Crippen LogP contribution in [0.3, 0.4) is 0 Å². The maximum atomic E-state index is 11.5. The van der Waals surface area contributed by atoms with Gasteiger partial charge in [-0.05, 0) is 26.1 Å². The highest BCUT2D eigenvalue weighted by Crippen LogP contribution is 2.20. The van der Waals surface area contributed by atoms with E-state index in [2.05, 4.69) is 10.6 Å². The van der Waals surface area contributed by atoms with Crippen LogP contribution in [0.1, 0.15) is 6.92 Å². The van der Waals surface area contributed by atoms with Gasteiger partial charge in [-0.3, -0.25) is 4.79 Å². The number of rotatable bonds is 3. The van der Waals surface area contributed by atoms with Crippen molar-refractivity contribution in [2.75, 3.05) is 12.4 Å². The van der Waals surface area contributed by atoms with E-state index in [0.717, 1.165) is 0 Å². The van der Waals surface area contributed by atoms with Crippen molar-refractivity contribution < 1.29 is 4.79 Å². The van der Waals surface area contributed by atoms with Crippen molar-refractivity contribution in [1.82, 2.24) is 5.32 Å².